The molecule has 1 atom stereocenters. The van der Waals surface area contributed by atoms with Gasteiger partial charge in [0.15, 0.2) is 0 Å². The van der Waals surface area contributed by atoms with E-state index in [1.165, 1.54) is 0 Å². The lowest BCUT2D eigenvalue weighted by molar-refractivity contribution is -0.162. The third-order valence-corrected chi connectivity index (χ3v) is 1.55. The Morgan fingerprint density at radius 1 is 1.75 bits per heavy atom. The summed E-state index contributed by atoms with van der Waals surface area (Å²) < 4.78 is 9.54. The molecular weight excluding hydrogens is 160 g/mol. The molecule has 0 aromatic rings. The zero-order chi connectivity index (χ0) is 8.97. The molecule has 1 saturated heterocycles. The zero-order valence-electron chi connectivity index (χ0n) is 6.62. The Bertz CT molecular complexity index is 199. The summed E-state index contributed by atoms with van der Waals surface area (Å²) in [5.74, 6) is -0.709. The van der Waals surface area contributed by atoms with Gasteiger partial charge in [0.1, 0.15) is 12.7 Å². The molecule has 4 heteroatoms. The first-order valence-corrected chi connectivity index (χ1v) is 3.71. The first kappa shape index (κ1) is 8.77. The van der Waals surface area contributed by atoms with Crippen LogP contribution < -0.4 is 0 Å². The standard InChI is InChI=1S/C8H10O4/c1-2-7(9)12-6-3-4-8(10)11-5-6/h2,6H,1,3-5H2. The van der Waals surface area contributed by atoms with Gasteiger partial charge in [-0.15, -0.1) is 0 Å². The van der Waals surface area contributed by atoms with Crippen molar-refractivity contribution in [3.8, 4) is 0 Å². The second-order valence-corrected chi connectivity index (χ2v) is 2.48. The van der Waals surface area contributed by atoms with Gasteiger partial charge in [0, 0.05) is 12.5 Å². The maximum Gasteiger partial charge on any atom is 0.330 e. The van der Waals surface area contributed by atoms with Crippen molar-refractivity contribution in [1.29, 1.82) is 0 Å². The Morgan fingerprint density at radius 2 is 2.50 bits per heavy atom. The highest BCUT2D eigenvalue weighted by atomic mass is 16.6. The van der Waals surface area contributed by atoms with E-state index in [9.17, 15) is 9.59 Å². The summed E-state index contributed by atoms with van der Waals surface area (Å²) in [6, 6.07) is 0. The highest BCUT2D eigenvalue weighted by Crippen LogP contribution is 2.11. The Hall–Kier alpha value is -1.32. The number of carbonyl (C=O) groups excluding carboxylic acids is 2. The van der Waals surface area contributed by atoms with Gasteiger partial charge < -0.3 is 9.47 Å². The number of rotatable bonds is 2. The van der Waals surface area contributed by atoms with E-state index < -0.39 is 5.97 Å². The molecule has 1 aliphatic heterocycles. The lowest BCUT2D eigenvalue weighted by Crippen LogP contribution is -2.29. The van der Waals surface area contributed by atoms with Gasteiger partial charge in [-0.25, -0.2) is 4.79 Å². The average molecular weight is 170 g/mol. The van der Waals surface area contributed by atoms with Gasteiger partial charge in [-0.3, -0.25) is 4.79 Å². The van der Waals surface area contributed by atoms with Crippen molar-refractivity contribution in [3.63, 3.8) is 0 Å². The molecule has 0 amide bonds. The van der Waals surface area contributed by atoms with Crippen LogP contribution in [0.3, 0.4) is 0 Å². The second kappa shape index (κ2) is 3.90. The fraction of sp³-hybridized carbons (Fsp3) is 0.500. The first-order chi connectivity index (χ1) is 5.72. The van der Waals surface area contributed by atoms with Crippen LogP contribution in [-0.4, -0.2) is 24.6 Å². The molecule has 4 nitrogen and oxygen atoms in total. The van der Waals surface area contributed by atoms with Gasteiger partial charge >= 0.3 is 11.9 Å². The van der Waals surface area contributed by atoms with E-state index in [1.807, 2.05) is 0 Å². The Morgan fingerprint density at radius 3 is 3.00 bits per heavy atom. The van der Waals surface area contributed by atoms with E-state index in [2.05, 4.69) is 11.3 Å². The number of esters is 2. The molecule has 66 valence electrons. The second-order valence-electron chi connectivity index (χ2n) is 2.48. The monoisotopic (exact) mass is 170 g/mol. The summed E-state index contributed by atoms with van der Waals surface area (Å²) in [6.45, 7) is 3.42. The molecule has 0 bridgehead atoms. The van der Waals surface area contributed by atoms with Crippen molar-refractivity contribution in [3.05, 3.63) is 12.7 Å². The Balaban J connectivity index is 2.30. The van der Waals surface area contributed by atoms with E-state index in [4.69, 9.17) is 4.74 Å². The third-order valence-electron chi connectivity index (χ3n) is 1.55. The van der Waals surface area contributed by atoms with Gasteiger partial charge in [0.2, 0.25) is 0 Å². The maximum absolute atomic E-state index is 10.7. The van der Waals surface area contributed by atoms with E-state index in [1.54, 1.807) is 0 Å². The Labute approximate surface area is 70.1 Å². The lowest BCUT2D eigenvalue weighted by atomic mass is 10.2. The van der Waals surface area contributed by atoms with Crippen LogP contribution in [0.5, 0.6) is 0 Å². The van der Waals surface area contributed by atoms with Crippen LogP contribution in [-0.2, 0) is 19.1 Å². The molecule has 0 aromatic heterocycles. The van der Waals surface area contributed by atoms with Crippen molar-refractivity contribution < 1.29 is 19.1 Å². The molecule has 0 N–H and O–H groups in total. The van der Waals surface area contributed by atoms with Crippen molar-refractivity contribution in [2.45, 2.75) is 18.9 Å². The van der Waals surface area contributed by atoms with E-state index in [0.29, 0.717) is 12.8 Å². The average Bonchev–Trinajstić information content (AvgIpc) is 2.09. The zero-order valence-corrected chi connectivity index (χ0v) is 6.62. The van der Waals surface area contributed by atoms with Gasteiger partial charge in [-0.1, -0.05) is 6.58 Å². The van der Waals surface area contributed by atoms with Gasteiger partial charge in [0.05, 0.1) is 0 Å². The molecule has 0 aliphatic carbocycles. The molecule has 1 aliphatic rings. The Kier molecular flexibility index (Phi) is 2.85. The van der Waals surface area contributed by atoms with Crippen LogP contribution in [0.15, 0.2) is 12.7 Å². The highest BCUT2D eigenvalue weighted by Gasteiger charge is 2.21. The minimum Gasteiger partial charge on any atom is -0.462 e. The predicted octanol–water partition coefficient (Wildman–Crippen LogP) is 0.421. The minimum atomic E-state index is -0.474. The van der Waals surface area contributed by atoms with Crippen LogP contribution in [0.2, 0.25) is 0 Å². The molecule has 1 rings (SSSR count). The summed E-state index contributed by atoms with van der Waals surface area (Å²) in [6.07, 6.45) is 1.65. The summed E-state index contributed by atoms with van der Waals surface area (Å²) >= 11 is 0. The molecule has 12 heavy (non-hydrogen) atoms. The van der Waals surface area contributed by atoms with Crippen LogP contribution in [0.4, 0.5) is 0 Å². The quantitative estimate of drug-likeness (QED) is 0.445. The van der Waals surface area contributed by atoms with Gasteiger partial charge in [-0.05, 0) is 6.42 Å². The van der Waals surface area contributed by atoms with Crippen LogP contribution >= 0.6 is 0 Å². The van der Waals surface area contributed by atoms with Crippen LogP contribution in [0, 0.1) is 0 Å². The topological polar surface area (TPSA) is 52.6 Å². The molecular formula is C8H10O4. The van der Waals surface area contributed by atoms with E-state index in [-0.39, 0.29) is 18.7 Å². The summed E-state index contributed by atoms with van der Waals surface area (Å²) in [4.78, 5) is 21.3. The molecule has 1 heterocycles. The number of ether oxygens (including phenoxy) is 2. The molecule has 0 spiro atoms. The number of cyclic esters (lactones) is 1. The van der Waals surface area contributed by atoms with E-state index >= 15 is 0 Å². The highest BCUT2D eigenvalue weighted by molar-refractivity contribution is 5.81. The maximum atomic E-state index is 10.7. The third kappa shape index (κ3) is 2.38. The van der Waals surface area contributed by atoms with E-state index in [0.717, 1.165) is 6.08 Å². The van der Waals surface area contributed by atoms with Crippen LogP contribution in [0.25, 0.3) is 0 Å². The predicted molar refractivity (Wildman–Crippen MR) is 40.3 cm³/mol. The minimum absolute atomic E-state index is 0.165. The fourth-order valence-electron chi connectivity index (χ4n) is 0.926. The molecule has 1 fully saturated rings. The van der Waals surface area contributed by atoms with Crippen molar-refractivity contribution in [2.75, 3.05) is 6.61 Å². The molecule has 0 aromatic carbocycles. The number of carbonyl (C=O) groups is 2. The number of hydrogen-bond donors (Lipinski definition) is 0. The molecule has 0 radical (unpaired) electrons. The smallest absolute Gasteiger partial charge is 0.330 e. The van der Waals surface area contributed by atoms with Crippen molar-refractivity contribution in [2.24, 2.45) is 0 Å². The normalized spacial score (nSPS) is 22.7. The van der Waals surface area contributed by atoms with Crippen molar-refractivity contribution >= 4 is 11.9 Å². The summed E-state index contributed by atoms with van der Waals surface area (Å²) in [5.41, 5.74) is 0. The molecule has 1 unspecified atom stereocenters. The van der Waals surface area contributed by atoms with Gasteiger partial charge in [0.25, 0.3) is 0 Å². The number of hydrogen-bond acceptors (Lipinski definition) is 4. The van der Waals surface area contributed by atoms with Crippen LogP contribution in [0.1, 0.15) is 12.8 Å². The van der Waals surface area contributed by atoms with Crippen molar-refractivity contribution in [1.82, 2.24) is 0 Å². The summed E-state index contributed by atoms with van der Waals surface area (Å²) in [7, 11) is 0. The largest absolute Gasteiger partial charge is 0.462 e. The first-order valence-electron chi connectivity index (χ1n) is 3.71. The lowest BCUT2D eigenvalue weighted by Gasteiger charge is -2.20. The fourth-order valence-corrected chi connectivity index (χ4v) is 0.926. The van der Waals surface area contributed by atoms with Gasteiger partial charge in [-0.2, -0.15) is 0 Å². The SMILES string of the molecule is C=CC(=O)OC1CCC(=O)OC1. The molecule has 0 saturated carbocycles. The summed E-state index contributed by atoms with van der Waals surface area (Å²) in [5, 5.41) is 0.